The molecular weight excluding hydrogens is 182 g/mol. The fourth-order valence-corrected chi connectivity index (χ4v) is 0.965. The van der Waals surface area contributed by atoms with E-state index < -0.39 is 0 Å². The van der Waals surface area contributed by atoms with Crippen LogP contribution in [0, 0.1) is 5.92 Å². The standard InChI is InChI=1S/C10H23NO3/c1-10(9-12)8-11-4-7-14-6-3-5-13-2/h10-12H,3-9H2,1-2H3. The van der Waals surface area contributed by atoms with Gasteiger partial charge in [-0.2, -0.15) is 0 Å². The third-order valence-electron chi connectivity index (χ3n) is 1.86. The number of nitrogens with one attached hydrogen (secondary N) is 1. The van der Waals surface area contributed by atoms with Crippen molar-refractivity contribution < 1.29 is 14.6 Å². The number of rotatable bonds is 10. The zero-order valence-corrected chi connectivity index (χ0v) is 9.29. The van der Waals surface area contributed by atoms with Crippen LogP contribution in [0.5, 0.6) is 0 Å². The first kappa shape index (κ1) is 13.8. The quantitative estimate of drug-likeness (QED) is 0.502. The molecular formula is C10H23NO3. The molecule has 14 heavy (non-hydrogen) atoms. The molecule has 0 spiro atoms. The predicted octanol–water partition coefficient (Wildman–Crippen LogP) is 0.258. The van der Waals surface area contributed by atoms with Gasteiger partial charge in [-0.15, -0.1) is 0 Å². The van der Waals surface area contributed by atoms with Crippen molar-refractivity contribution in [3.8, 4) is 0 Å². The lowest BCUT2D eigenvalue weighted by atomic mass is 10.2. The molecule has 0 aliphatic carbocycles. The van der Waals surface area contributed by atoms with Crippen LogP contribution in [0.4, 0.5) is 0 Å². The number of aliphatic hydroxyl groups is 1. The Morgan fingerprint density at radius 1 is 1.29 bits per heavy atom. The highest BCUT2D eigenvalue weighted by Gasteiger charge is 1.97. The van der Waals surface area contributed by atoms with Crippen LogP contribution in [0.15, 0.2) is 0 Å². The van der Waals surface area contributed by atoms with Crippen LogP contribution >= 0.6 is 0 Å². The SMILES string of the molecule is COCCCOCCNCC(C)CO. The highest BCUT2D eigenvalue weighted by Crippen LogP contribution is 1.88. The molecule has 1 unspecified atom stereocenters. The van der Waals surface area contributed by atoms with Crippen LogP contribution in [0.1, 0.15) is 13.3 Å². The van der Waals surface area contributed by atoms with Crippen LogP contribution in [0.2, 0.25) is 0 Å². The van der Waals surface area contributed by atoms with E-state index in [0.717, 1.165) is 39.3 Å². The van der Waals surface area contributed by atoms with Crippen LogP contribution in [-0.2, 0) is 9.47 Å². The van der Waals surface area contributed by atoms with Crippen LogP contribution in [0.25, 0.3) is 0 Å². The first-order chi connectivity index (χ1) is 6.81. The largest absolute Gasteiger partial charge is 0.396 e. The van der Waals surface area contributed by atoms with Crippen molar-refractivity contribution in [1.82, 2.24) is 5.32 Å². The molecule has 0 rings (SSSR count). The topological polar surface area (TPSA) is 50.7 Å². The van der Waals surface area contributed by atoms with Gasteiger partial charge in [-0.3, -0.25) is 0 Å². The lowest BCUT2D eigenvalue weighted by Crippen LogP contribution is -2.26. The van der Waals surface area contributed by atoms with Gasteiger partial charge < -0.3 is 19.9 Å². The van der Waals surface area contributed by atoms with Gasteiger partial charge in [0.2, 0.25) is 0 Å². The number of methoxy groups -OCH3 is 1. The molecule has 0 heterocycles. The highest BCUT2D eigenvalue weighted by molar-refractivity contribution is 4.54. The van der Waals surface area contributed by atoms with E-state index in [0.29, 0.717) is 5.92 Å². The summed E-state index contributed by atoms with van der Waals surface area (Å²) in [5, 5.41) is 12.0. The molecule has 4 nitrogen and oxygen atoms in total. The molecule has 0 saturated heterocycles. The monoisotopic (exact) mass is 205 g/mol. The van der Waals surface area contributed by atoms with Crippen LogP contribution in [-0.4, -0.2) is 51.7 Å². The predicted molar refractivity (Wildman–Crippen MR) is 56.4 cm³/mol. The minimum atomic E-state index is 0.238. The van der Waals surface area contributed by atoms with Crippen molar-refractivity contribution in [2.45, 2.75) is 13.3 Å². The van der Waals surface area contributed by atoms with E-state index in [-0.39, 0.29) is 6.61 Å². The Hall–Kier alpha value is -0.160. The van der Waals surface area contributed by atoms with E-state index in [1.54, 1.807) is 7.11 Å². The number of hydrogen-bond donors (Lipinski definition) is 2. The van der Waals surface area contributed by atoms with Gasteiger partial charge in [0.15, 0.2) is 0 Å². The van der Waals surface area contributed by atoms with Crippen LogP contribution in [0.3, 0.4) is 0 Å². The Morgan fingerprint density at radius 3 is 2.71 bits per heavy atom. The van der Waals surface area contributed by atoms with Gasteiger partial charge in [-0.1, -0.05) is 6.92 Å². The summed E-state index contributed by atoms with van der Waals surface area (Å²) in [5.41, 5.74) is 0. The van der Waals surface area contributed by atoms with Gasteiger partial charge >= 0.3 is 0 Å². The van der Waals surface area contributed by atoms with E-state index in [9.17, 15) is 0 Å². The summed E-state index contributed by atoms with van der Waals surface area (Å²) in [6.45, 7) is 6.17. The van der Waals surface area contributed by atoms with E-state index in [2.05, 4.69) is 5.32 Å². The van der Waals surface area contributed by atoms with Gasteiger partial charge in [0.1, 0.15) is 0 Å². The van der Waals surface area contributed by atoms with E-state index in [4.69, 9.17) is 14.6 Å². The molecule has 0 aromatic heterocycles. The average Bonchev–Trinajstić information content (AvgIpc) is 2.21. The summed E-state index contributed by atoms with van der Waals surface area (Å²) in [6, 6.07) is 0. The third kappa shape index (κ3) is 9.92. The fraction of sp³-hybridized carbons (Fsp3) is 1.00. The van der Waals surface area contributed by atoms with Crippen molar-refractivity contribution in [3.05, 3.63) is 0 Å². The number of hydrogen-bond acceptors (Lipinski definition) is 4. The first-order valence-corrected chi connectivity index (χ1v) is 5.19. The Bertz CT molecular complexity index is 112. The Kier molecular flexibility index (Phi) is 10.8. The minimum absolute atomic E-state index is 0.238. The maximum Gasteiger partial charge on any atom is 0.0590 e. The van der Waals surface area contributed by atoms with Gasteiger partial charge in [0, 0.05) is 33.5 Å². The lowest BCUT2D eigenvalue weighted by Gasteiger charge is -2.09. The van der Waals surface area contributed by atoms with E-state index in [1.807, 2.05) is 6.92 Å². The lowest BCUT2D eigenvalue weighted by molar-refractivity contribution is 0.103. The van der Waals surface area contributed by atoms with Gasteiger partial charge in [-0.25, -0.2) is 0 Å². The summed E-state index contributed by atoms with van der Waals surface area (Å²) in [4.78, 5) is 0. The molecule has 1 atom stereocenters. The summed E-state index contributed by atoms with van der Waals surface area (Å²) < 4.78 is 10.2. The van der Waals surface area contributed by atoms with Crippen LogP contribution < -0.4 is 5.32 Å². The Labute approximate surface area is 86.6 Å². The average molecular weight is 205 g/mol. The summed E-state index contributed by atoms with van der Waals surface area (Å²) in [7, 11) is 1.69. The minimum Gasteiger partial charge on any atom is -0.396 e. The number of ether oxygens (including phenoxy) is 2. The third-order valence-corrected chi connectivity index (χ3v) is 1.86. The molecule has 2 N–H and O–H groups in total. The number of aliphatic hydroxyl groups excluding tert-OH is 1. The highest BCUT2D eigenvalue weighted by atomic mass is 16.5. The first-order valence-electron chi connectivity index (χ1n) is 5.19. The van der Waals surface area contributed by atoms with Crippen molar-refractivity contribution in [3.63, 3.8) is 0 Å². The maximum atomic E-state index is 8.75. The zero-order valence-electron chi connectivity index (χ0n) is 9.29. The molecule has 0 bridgehead atoms. The second-order valence-corrected chi connectivity index (χ2v) is 3.45. The Balaban J connectivity index is 2.92. The van der Waals surface area contributed by atoms with Crippen molar-refractivity contribution >= 4 is 0 Å². The Morgan fingerprint density at radius 2 is 2.07 bits per heavy atom. The second kappa shape index (κ2) is 10.9. The molecule has 4 heteroatoms. The molecule has 86 valence electrons. The molecule has 0 aromatic rings. The molecule has 0 saturated carbocycles. The van der Waals surface area contributed by atoms with Gasteiger partial charge in [-0.05, 0) is 18.9 Å². The van der Waals surface area contributed by atoms with Crippen molar-refractivity contribution in [2.75, 3.05) is 46.6 Å². The molecule has 0 aromatic carbocycles. The smallest absolute Gasteiger partial charge is 0.0590 e. The molecule has 0 fully saturated rings. The molecule has 0 aliphatic rings. The molecule has 0 aliphatic heterocycles. The summed E-state index contributed by atoms with van der Waals surface area (Å²) >= 11 is 0. The normalized spacial score (nSPS) is 13.1. The van der Waals surface area contributed by atoms with E-state index >= 15 is 0 Å². The van der Waals surface area contributed by atoms with E-state index in [1.165, 1.54) is 0 Å². The fourth-order valence-electron chi connectivity index (χ4n) is 0.965. The molecule has 0 radical (unpaired) electrons. The van der Waals surface area contributed by atoms with Crippen molar-refractivity contribution in [2.24, 2.45) is 5.92 Å². The maximum absolute atomic E-state index is 8.75. The van der Waals surface area contributed by atoms with Gasteiger partial charge in [0.25, 0.3) is 0 Å². The second-order valence-electron chi connectivity index (χ2n) is 3.45. The zero-order chi connectivity index (χ0) is 10.6. The van der Waals surface area contributed by atoms with Gasteiger partial charge in [0.05, 0.1) is 6.61 Å². The van der Waals surface area contributed by atoms with Crippen molar-refractivity contribution in [1.29, 1.82) is 0 Å². The summed E-state index contributed by atoms with van der Waals surface area (Å²) in [5.74, 6) is 0.323. The summed E-state index contributed by atoms with van der Waals surface area (Å²) in [6.07, 6.45) is 0.948. The molecule has 0 amide bonds.